The van der Waals surface area contributed by atoms with Gasteiger partial charge in [-0.1, -0.05) is 0 Å². The van der Waals surface area contributed by atoms with E-state index < -0.39 is 0 Å². The van der Waals surface area contributed by atoms with Gasteiger partial charge in [-0.3, -0.25) is 0 Å². The first kappa shape index (κ1) is 20.5. The van der Waals surface area contributed by atoms with Crippen LogP contribution < -0.4 is 19.7 Å². The van der Waals surface area contributed by atoms with E-state index in [4.69, 9.17) is 14.2 Å². The molecule has 0 aromatic carbocycles. The van der Waals surface area contributed by atoms with Crippen molar-refractivity contribution in [1.82, 2.24) is 19.8 Å². The summed E-state index contributed by atoms with van der Waals surface area (Å²) in [7, 11) is 1.59. The van der Waals surface area contributed by atoms with Crippen LogP contribution in [0.15, 0.2) is 30.6 Å². The standard InChI is InChI=1S/C24H30N6O3/c1-15-11-25-30-12-17(29-13-19-10-20(14-29)32-19)9-21(24(15)30)33-18-5-3-16(4-6-18)26-22-7-8-23(31-2)28-27-22/h7-9,11-12,16,18-20H,3-6,10,13-14H2,1-2H3,(H,26,27). The van der Waals surface area contributed by atoms with Gasteiger partial charge in [0.1, 0.15) is 17.1 Å². The summed E-state index contributed by atoms with van der Waals surface area (Å²) in [4.78, 5) is 2.41. The Morgan fingerprint density at radius 1 is 1.09 bits per heavy atom. The molecule has 4 aliphatic rings. The fraction of sp³-hybridized carbons (Fsp3) is 0.542. The topological polar surface area (TPSA) is 86.0 Å². The number of rotatable bonds is 6. The molecule has 174 valence electrons. The molecule has 0 amide bonds. The first-order chi connectivity index (χ1) is 16.1. The Kier molecular flexibility index (Phi) is 5.21. The van der Waals surface area contributed by atoms with Crippen molar-refractivity contribution in [3.8, 4) is 11.6 Å². The van der Waals surface area contributed by atoms with E-state index in [0.29, 0.717) is 24.1 Å². The predicted octanol–water partition coefficient (Wildman–Crippen LogP) is 3.22. The summed E-state index contributed by atoms with van der Waals surface area (Å²) < 4.78 is 19.5. The first-order valence-electron chi connectivity index (χ1n) is 11.8. The summed E-state index contributed by atoms with van der Waals surface area (Å²) in [6, 6.07) is 6.31. The second-order valence-electron chi connectivity index (χ2n) is 9.40. The molecule has 4 fully saturated rings. The Labute approximate surface area is 193 Å². The van der Waals surface area contributed by atoms with Crippen LogP contribution in [0.2, 0.25) is 0 Å². The molecule has 7 rings (SSSR count). The smallest absolute Gasteiger partial charge is 0.233 e. The Balaban J connectivity index is 1.14. The number of anilines is 2. The monoisotopic (exact) mass is 450 g/mol. The summed E-state index contributed by atoms with van der Waals surface area (Å²) in [6.07, 6.45) is 10.2. The van der Waals surface area contributed by atoms with Crippen molar-refractivity contribution in [3.63, 3.8) is 0 Å². The van der Waals surface area contributed by atoms with E-state index in [1.165, 1.54) is 6.42 Å². The molecule has 9 heteroatoms. The molecule has 1 N–H and O–H groups in total. The van der Waals surface area contributed by atoms with Crippen LogP contribution in [0.25, 0.3) is 5.52 Å². The number of morpholine rings is 1. The van der Waals surface area contributed by atoms with Crippen LogP contribution in [0.4, 0.5) is 11.5 Å². The number of piperidine rings is 1. The fourth-order valence-electron chi connectivity index (χ4n) is 5.27. The largest absolute Gasteiger partial charge is 0.488 e. The van der Waals surface area contributed by atoms with Crippen molar-refractivity contribution in [3.05, 3.63) is 36.2 Å². The number of pyridine rings is 1. The molecular weight excluding hydrogens is 420 g/mol. The highest BCUT2D eigenvalue weighted by Gasteiger charge is 2.38. The summed E-state index contributed by atoms with van der Waals surface area (Å²) in [5, 5.41) is 16.3. The minimum Gasteiger partial charge on any atom is -0.488 e. The fourth-order valence-corrected chi connectivity index (χ4v) is 5.27. The van der Waals surface area contributed by atoms with Crippen LogP contribution in [0.5, 0.6) is 11.6 Å². The molecule has 1 saturated carbocycles. The molecule has 2 atom stereocenters. The van der Waals surface area contributed by atoms with Gasteiger partial charge in [0.2, 0.25) is 5.88 Å². The van der Waals surface area contributed by atoms with E-state index in [-0.39, 0.29) is 6.10 Å². The highest BCUT2D eigenvalue weighted by molar-refractivity contribution is 5.69. The van der Waals surface area contributed by atoms with Crippen molar-refractivity contribution in [2.24, 2.45) is 0 Å². The first-order valence-corrected chi connectivity index (χ1v) is 11.8. The van der Waals surface area contributed by atoms with Gasteiger partial charge >= 0.3 is 0 Å². The molecule has 3 aromatic heterocycles. The zero-order chi connectivity index (χ0) is 22.4. The van der Waals surface area contributed by atoms with E-state index in [0.717, 1.165) is 67.1 Å². The number of ether oxygens (including phenoxy) is 3. The van der Waals surface area contributed by atoms with Crippen molar-refractivity contribution in [1.29, 1.82) is 0 Å². The number of nitrogens with one attached hydrogen (secondary N) is 1. The number of aryl methyl sites for hydroxylation is 1. The highest BCUT2D eigenvalue weighted by Crippen LogP contribution is 2.36. The van der Waals surface area contributed by atoms with Crippen LogP contribution in [0.3, 0.4) is 0 Å². The van der Waals surface area contributed by atoms with Gasteiger partial charge in [0.25, 0.3) is 0 Å². The van der Waals surface area contributed by atoms with Gasteiger partial charge in [-0.25, -0.2) is 4.52 Å². The molecule has 1 aliphatic carbocycles. The minimum atomic E-state index is 0.191. The van der Waals surface area contributed by atoms with Gasteiger partial charge in [-0.15, -0.1) is 10.2 Å². The Morgan fingerprint density at radius 2 is 1.88 bits per heavy atom. The van der Waals surface area contributed by atoms with E-state index in [1.807, 2.05) is 22.8 Å². The van der Waals surface area contributed by atoms with Crippen LogP contribution >= 0.6 is 0 Å². The second-order valence-corrected chi connectivity index (χ2v) is 9.40. The Morgan fingerprint density at radius 3 is 2.58 bits per heavy atom. The zero-order valence-corrected chi connectivity index (χ0v) is 19.1. The normalized spacial score (nSPS) is 26.7. The summed E-state index contributed by atoms with van der Waals surface area (Å²) in [5.41, 5.74) is 3.35. The molecule has 0 spiro atoms. The second kappa shape index (κ2) is 8.37. The third-order valence-electron chi connectivity index (χ3n) is 7.04. The van der Waals surface area contributed by atoms with Gasteiger partial charge in [0.15, 0.2) is 0 Å². The number of hydrogen-bond donors (Lipinski definition) is 1. The molecule has 33 heavy (non-hydrogen) atoms. The number of fused-ring (bicyclic) bond motifs is 3. The third-order valence-corrected chi connectivity index (χ3v) is 7.04. The molecule has 2 bridgehead atoms. The maximum atomic E-state index is 6.62. The number of methoxy groups -OCH3 is 1. The average molecular weight is 451 g/mol. The minimum absolute atomic E-state index is 0.191. The SMILES string of the molecule is COc1ccc(NC2CCC(Oc3cc(N4CC5CC(C4)O5)cn4ncc(C)c34)CC2)nn1. The van der Waals surface area contributed by atoms with E-state index >= 15 is 0 Å². The van der Waals surface area contributed by atoms with Gasteiger partial charge < -0.3 is 24.4 Å². The maximum Gasteiger partial charge on any atom is 0.233 e. The van der Waals surface area contributed by atoms with Crippen LogP contribution in [-0.4, -0.2) is 64.4 Å². The number of nitrogens with zero attached hydrogens (tertiary/aromatic N) is 5. The lowest BCUT2D eigenvalue weighted by molar-refractivity contribution is -0.133. The molecule has 3 aromatic rings. The maximum absolute atomic E-state index is 6.62. The van der Waals surface area contributed by atoms with Gasteiger partial charge in [0.05, 0.1) is 43.5 Å². The zero-order valence-electron chi connectivity index (χ0n) is 19.1. The van der Waals surface area contributed by atoms with E-state index in [2.05, 4.69) is 44.7 Å². The van der Waals surface area contributed by atoms with Gasteiger partial charge in [0, 0.05) is 37.7 Å². The van der Waals surface area contributed by atoms with Gasteiger partial charge in [-0.2, -0.15) is 5.10 Å². The highest BCUT2D eigenvalue weighted by atomic mass is 16.5. The summed E-state index contributed by atoms with van der Waals surface area (Å²) >= 11 is 0. The van der Waals surface area contributed by atoms with E-state index in [9.17, 15) is 0 Å². The van der Waals surface area contributed by atoms with Crippen molar-refractivity contribution >= 4 is 17.0 Å². The third kappa shape index (κ3) is 4.06. The van der Waals surface area contributed by atoms with Crippen molar-refractivity contribution in [2.75, 3.05) is 30.4 Å². The summed E-state index contributed by atoms with van der Waals surface area (Å²) in [5.74, 6) is 2.24. The lowest BCUT2D eigenvalue weighted by Crippen LogP contribution is -2.57. The van der Waals surface area contributed by atoms with Crippen LogP contribution in [0, 0.1) is 6.92 Å². The molecule has 3 aliphatic heterocycles. The average Bonchev–Trinajstić information content (AvgIpc) is 3.21. The summed E-state index contributed by atoms with van der Waals surface area (Å²) in [6.45, 7) is 3.97. The molecule has 3 saturated heterocycles. The lowest BCUT2D eigenvalue weighted by Gasteiger charge is -2.48. The molecule has 2 unspecified atom stereocenters. The molecule has 6 heterocycles. The van der Waals surface area contributed by atoms with E-state index in [1.54, 1.807) is 7.11 Å². The quantitative estimate of drug-likeness (QED) is 0.613. The Bertz CT molecular complexity index is 1110. The molecule has 9 nitrogen and oxygen atoms in total. The number of aromatic nitrogens is 4. The Hall–Kier alpha value is -3.07. The van der Waals surface area contributed by atoms with Crippen LogP contribution in [0.1, 0.15) is 37.7 Å². The number of hydrogen-bond acceptors (Lipinski definition) is 8. The van der Waals surface area contributed by atoms with Crippen molar-refractivity contribution < 1.29 is 14.2 Å². The van der Waals surface area contributed by atoms with Crippen LogP contribution in [-0.2, 0) is 4.74 Å². The van der Waals surface area contributed by atoms with Gasteiger partial charge in [-0.05, 0) is 44.2 Å². The molecule has 0 radical (unpaired) electrons. The molecular formula is C24H30N6O3. The lowest BCUT2D eigenvalue weighted by atomic mass is 9.93. The van der Waals surface area contributed by atoms with Crippen molar-refractivity contribution in [2.45, 2.75) is 63.4 Å². The predicted molar refractivity (Wildman–Crippen MR) is 124 cm³/mol.